The summed E-state index contributed by atoms with van der Waals surface area (Å²) in [5.74, 6) is 2.14. The van der Waals surface area contributed by atoms with E-state index in [1.807, 2.05) is 12.4 Å². The molecule has 1 aliphatic heterocycles. The van der Waals surface area contributed by atoms with Crippen LogP contribution in [0.5, 0.6) is 0 Å². The molecule has 7 nitrogen and oxygen atoms in total. The number of halogens is 1. The lowest BCUT2D eigenvalue weighted by atomic mass is 9.91. The van der Waals surface area contributed by atoms with Gasteiger partial charge in [-0.15, -0.1) is 0 Å². The average molecular weight is 478 g/mol. The Labute approximate surface area is 195 Å². The number of aromatic nitrogens is 2. The maximum Gasteiger partial charge on any atom is 0.225 e. The minimum absolute atomic E-state index is 0.00946. The lowest BCUT2D eigenvalue weighted by Crippen LogP contribution is -2.35. The van der Waals surface area contributed by atoms with Gasteiger partial charge in [-0.05, 0) is 61.1 Å². The van der Waals surface area contributed by atoms with E-state index in [2.05, 4.69) is 14.9 Å². The molecule has 2 fully saturated rings. The van der Waals surface area contributed by atoms with Crippen LogP contribution >= 0.6 is 0 Å². The second-order valence-corrected chi connectivity index (χ2v) is 11.2. The first-order chi connectivity index (χ1) is 15.8. The molecule has 0 bridgehead atoms. The van der Waals surface area contributed by atoms with Crippen molar-refractivity contribution in [3.05, 3.63) is 47.5 Å². The molecule has 0 N–H and O–H groups in total. The molecule has 0 amide bonds. The van der Waals surface area contributed by atoms with Crippen molar-refractivity contribution in [3.8, 4) is 0 Å². The summed E-state index contributed by atoms with van der Waals surface area (Å²) in [5, 5.41) is 0. The topological polar surface area (TPSA) is 81.6 Å². The van der Waals surface area contributed by atoms with Crippen molar-refractivity contribution in [1.29, 1.82) is 0 Å². The summed E-state index contributed by atoms with van der Waals surface area (Å²) in [7, 11) is -1.72. The Morgan fingerprint density at radius 2 is 1.91 bits per heavy atom. The number of piperidine rings is 1. The van der Waals surface area contributed by atoms with Crippen LogP contribution in [0.3, 0.4) is 0 Å². The molecule has 2 atom stereocenters. The van der Waals surface area contributed by atoms with E-state index >= 15 is 0 Å². The molecule has 1 aliphatic carbocycles. The van der Waals surface area contributed by atoms with Crippen LogP contribution in [0.2, 0.25) is 0 Å². The van der Waals surface area contributed by atoms with Gasteiger partial charge in [-0.25, -0.2) is 22.8 Å². The van der Waals surface area contributed by atoms with E-state index < -0.39 is 15.7 Å². The van der Waals surface area contributed by atoms with Gasteiger partial charge in [0.05, 0.1) is 24.7 Å². The zero-order valence-electron chi connectivity index (χ0n) is 19.2. The first kappa shape index (κ1) is 24.0. The van der Waals surface area contributed by atoms with Crippen molar-refractivity contribution in [2.75, 3.05) is 44.6 Å². The first-order valence-electron chi connectivity index (χ1n) is 11.5. The molecule has 1 aromatic heterocycles. The monoisotopic (exact) mass is 477 g/mol. The van der Waals surface area contributed by atoms with E-state index in [4.69, 9.17) is 9.47 Å². The summed E-state index contributed by atoms with van der Waals surface area (Å²) >= 11 is 0. The molecule has 0 unspecified atom stereocenters. The fourth-order valence-corrected chi connectivity index (χ4v) is 5.26. The standard InChI is InChI=1S/C24H32FN3O4S/c1-31-10-7-17-13-26-24(27-14-17)28-8-5-18(6-9-28)22-11-20(22)16-32-15-19-3-4-21(12-23(19)25)33(2,29)30/h3-4,12-14,18,20,22H,5-11,15-16H2,1-2H3/t20-,22+/m0/s1. The minimum Gasteiger partial charge on any atom is -0.384 e. The molecule has 9 heteroatoms. The molecule has 1 saturated carbocycles. The Kier molecular flexibility index (Phi) is 7.61. The summed E-state index contributed by atoms with van der Waals surface area (Å²) in [5.41, 5.74) is 1.48. The highest BCUT2D eigenvalue weighted by atomic mass is 32.2. The normalized spacial score (nSPS) is 21.4. The fourth-order valence-electron chi connectivity index (χ4n) is 4.62. The third kappa shape index (κ3) is 6.28. The smallest absolute Gasteiger partial charge is 0.225 e. The molecule has 2 aliphatic rings. The van der Waals surface area contributed by atoms with Crippen molar-refractivity contribution in [2.45, 2.75) is 37.2 Å². The largest absolute Gasteiger partial charge is 0.384 e. The van der Waals surface area contributed by atoms with Crippen LogP contribution in [0.4, 0.5) is 10.3 Å². The number of nitrogens with zero attached hydrogens (tertiary/aromatic N) is 3. The maximum atomic E-state index is 14.2. The van der Waals surface area contributed by atoms with E-state index in [9.17, 15) is 12.8 Å². The zero-order chi connectivity index (χ0) is 23.4. The fraction of sp³-hybridized carbons (Fsp3) is 0.583. The summed E-state index contributed by atoms with van der Waals surface area (Å²) in [6, 6.07) is 4.00. The number of anilines is 1. The highest BCUT2D eigenvalue weighted by Crippen LogP contribution is 2.48. The molecule has 2 heterocycles. The van der Waals surface area contributed by atoms with Crippen molar-refractivity contribution >= 4 is 15.8 Å². The van der Waals surface area contributed by atoms with Gasteiger partial charge in [0.25, 0.3) is 0 Å². The molecular formula is C24H32FN3O4S. The Morgan fingerprint density at radius 3 is 2.55 bits per heavy atom. The van der Waals surface area contributed by atoms with Gasteiger partial charge in [0.2, 0.25) is 5.95 Å². The molecule has 0 radical (unpaired) electrons. The van der Waals surface area contributed by atoms with Crippen molar-refractivity contribution in [3.63, 3.8) is 0 Å². The summed E-state index contributed by atoms with van der Waals surface area (Å²) in [6.07, 6.45) is 9.07. The molecular weight excluding hydrogens is 445 g/mol. The maximum absolute atomic E-state index is 14.2. The molecule has 1 saturated heterocycles. The second kappa shape index (κ2) is 10.4. The molecule has 1 aromatic carbocycles. The average Bonchev–Trinajstić information content (AvgIpc) is 3.58. The molecule has 180 valence electrons. The van der Waals surface area contributed by atoms with E-state index in [0.717, 1.165) is 62.6 Å². The number of benzene rings is 1. The zero-order valence-corrected chi connectivity index (χ0v) is 20.1. The van der Waals surface area contributed by atoms with Gasteiger partial charge in [0.1, 0.15) is 5.82 Å². The predicted octanol–water partition coefficient (Wildman–Crippen LogP) is 3.28. The summed E-state index contributed by atoms with van der Waals surface area (Å²) < 4.78 is 48.1. The van der Waals surface area contributed by atoms with Crippen molar-refractivity contribution < 1.29 is 22.3 Å². The highest BCUT2D eigenvalue weighted by Gasteiger charge is 2.43. The van der Waals surface area contributed by atoms with Crippen molar-refractivity contribution in [2.24, 2.45) is 17.8 Å². The van der Waals surface area contributed by atoms with Gasteiger partial charge >= 0.3 is 0 Å². The van der Waals surface area contributed by atoms with Crippen LogP contribution < -0.4 is 4.90 Å². The van der Waals surface area contributed by atoms with Crippen LogP contribution in [-0.2, 0) is 32.3 Å². The second-order valence-electron chi connectivity index (χ2n) is 9.16. The number of ether oxygens (including phenoxy) is 2. The van der Waals surface area contributed by atoms with E-state index in [0.29, 0.717) is 36.5 Å². The van der Waals surface area contributed by atoms with Gasteiger partial charge in [-0.1, -0.05) is 6.07 Å². The Bertz CT molecular complexity index is 1040. The number of rotatable bonds is 10. The molecule has 4 rings (SSSR count). The number of methoxy groups -OCH3 is 1. The van der Waals surface area contributed by atoms with Crippen molar-refractivity contribution in [1.82, 2.24) is 9.97 Å². The summed E-state index contributed by atoms with van der Waals surface area (Å²) in [4.78, 5) is 11.3. The van der Waals surface area contributed by atoms with E-state index in [-0.39, 0.29) is 11.5 Å². The van der Waals surface area contributed by atoms with Crippen LogP contribution in [0.15, 0.2) is 35.5 Å². The minimum atomic E-state index is -3.41. The molecule has 2 aromatic rings. The molecule has 33 heavy (non-hydrogen) atoms. The van der Waals surface area contributed by atoms with E-state index in [1.54, 1.807) is 7.11 Å². The number of hydrogen-bond acceptors (Lipinski definition) is 7. The van der Waals surface area contributed by atoms with Gasteiger partial charge in [-0.2, -0.15) is 0 Å². The SMILES string of the molecule is COCCc1cnc(N2CCC([C@H]3C[C@H]3COCc3ccc(S(C)(=O)=O)cc3F)CC2)nc1. The van der Waals surface area contributed by atoms with Crippen LogP contribution in [0.25, 0.3) is 0 Å². The van der Waals surface area contributed by atoms with Crippen LogP contribution in [-0.4, -0.2) is 58.1 Å². The van der Waals surface area contributed by atoms with Gasteiger partial charge < -0.3 is 14.4 Å². The number of sulfone groups is 1. The van der Waals surface area contributed by atoms with Gasteiger partial charge in [0.15, 0.2) is 9.84 Å². The Balaban J connectivity index is 1.18. The lowest BCUT2D eigenvalue weighted by molar-refractivity contribution is 0.102. The van der Waals surface area contributed by atoms with Gasteiger partial charge in [-0.3, -0.25) is 0 Å². The highest BCUT2D eigenvalue weighted by molar-refractivity contribution is 7.90. The first-order valence-corrected chi connectivity index (χ1v) is 13.4. The quantitative estimate of drug-likeness (QED) is 0.519. The molecule has 0 spiro atoms. The summed E-state index contributed by atoms with van der Waals surface area (Å²) in [6.45, 7) is 3.37. The Morgan fingerprint density at radius 1 is 1.18 bits per heavy atom. The third-order valence-electron chi connectivity index (χ3n) is 6.73. The third-order valence-corrected chi connectivity index (χ3v) is 7.84. The Hall–Kier alpha value is -2.10. The van der Waals surface area contributed by atoms with E-state index in [1.165, 1.54) is 12.1 Å². The number of hydrogen-bond donors (Lipinski definition) is 0. The predicted molar refractivity (Wildman–Crippen MR) is 123 cm³/mol. The van der Waals surface area contributed by atoms with Crippen LogP contribution in [0, 0.1) is 23.6 Å². The lowest BCUT2D eigenvalue weighted by Gasteiger charge is -2.32. The van der Waals surface area contributed by atoms with Gasteiger partial charge in [0, 0.05) is 44.4 Å². The van der Waals surface area contributed by atoms with Crippen LogP contribution in [0.1, 0.15) is 30.4 Å².